The summed E-state index contributed by atoms with van der Waals surface area (Å²) < 4.78 is 35.1. The Kier molecular flexibility index (Phi) is 6.23. The van der Waals surface area contributed by atoms with Gasteiger partial charge in [-0.1, -0.05) is 0 Å². The van der Waals surface area contributed by atoms with Crippen molar-refractivity contribution in [2.24, 2.45) is 0 Å². The van der Waals surface area contributed by atoms with Crippen molar-refractivity contribution >= 4 is 17.6 Å². The molecule has 0 amide bonds. The molecule has 1 saturated heterocycles. The van der Waals surface area contributed by atoms with E-state index in [1.54, 1.807) is 18.5 Å². The highest BCUT2D eigenvalue weighted by Crippen LogP contribution is 2.39. The van der Waals surface area contributed by atoms with Crippen molar-refractivity contribution in [3.8, 4) is 17.0 Å². The van der Waals surface area contributed by atoms with Crippen LogP contribution in [0.15, 0.2) is 30.7 Å². The van der Waals surface area contributed by atoms with Gasteiger partial charge in [-0.25, -0.2) is 28.7 Å². The molecule has 0 saturated carbocycles. The molecule has 0 bridgehead atoms. The van der Waals surface area contributed by atoms with Gasteiger partial charge < -0.3 is 15.0 Å². The van der Waals surface area contributed by atoms with Crippen molar-refractivity contribution in [1.82, 2.24) is 25.3 Å². The van der Waals surface area contributed by atoms with Crippen molar-refractivity contribution in [3.63, 3.8) is 0 Å². The van der Waals surface area contributed by atoms with Gasteiger partial charge in [-0.15, -0.1) is 0 Å². The molecule has 1 fully saturated rings. The second-order valence-corrected chi connectivity index (χ2v) is 8.82. The molecule has 2 aliphatic rings. The molecule has 34 heavy (non-hydrogen) atoms. The molecule has 178 valence electrons. The number of hydrogen-bond donors (Lipinski definition) is 2. The van der Waals surface area contributed by atoms with E-state index in [9.17, 15) is 8.78 Å². The number of benzene rings is 1. The normalized spacial score (nSPS) is 16.3. The summed E-state index contributed by atoms with van der Waals surface area (Å²) in [4.78, 5) is 19.1. The van der Waals surface area contributed by atoms with E-state index in [0.29, 0.717) is 36.3 Å². The predicted octanol–water partition coefficient (Wildman–Crippen LogP) is 4.03. The van der Waals surface area contributed by atoms with E-state index in [1.165, 1.54) is 6.07 Å². The van der Waals surface area contributed by atoms with Crippen LogP contribution in [0.4, 0.5) is 26.4 Å². The molecule has 4 heterocycles. The molecule has 10 heteroatoms. The van der Waals surface area contributed by atoms with Crippen LogP contribution in [0, 0.1) is 11.6 Å². The first kappa shape index (κ1) is 22.4. The third-order valence-electron chi connectivity index (χ3n) is 6.26. The lowest BCUT2D eigenvalue weighted by Gasteiger charge is -2.34. The average molecular weight is 468 g/mol. The molecule has 1 aromatic carbocycles. The molecule has 3 aromatic rings. The maximum Gasteiger partial charge on any atom is 0.230 e. The van der Waals surface area contributed by atoms with Crippen LogP contribution in [0.5, 0.6) is 5.75 Å². The van der Waals surface area contributed by atoms with Crippen molar-refractivity contribution < 1.29 is 13.5 Å². The van der Waals surface area contributed by atoms with Gasteiger partial charge in [0.15, 0.2) is 17.4 Å². The lowest BCUT2D eigenvalue weighted by Crippen LogP contribution is -2.38. The Balaban J connectivity index is 1.41. The molecule has 5 rings (SSSR count). The van der Waals surface area contributed by atoms with Crippen LogP contribution < -0.4 is 20.3 Å². The Morgan fingerprint density at radius 2 is 1.76 bits per heavy atom. The standard InChI is InChI=1S/C24H27F2N7O/c1-14(2)33-7-8-34-22-18(25)9-16(10-20(22)33)21-19(26)13-30-24(31-21)32-23-28-11-17(12-29-23)15-3-5-27-6-4-15/h9-15,27H,3-8H2,1-2H3,(H,28,29,30,31,32). The van der Waals surface area contributed by atoms with E-state index >= 15 is 0 Å². The highest BCUT2D eigenvalue weighted by atomic mass is 19.1. The van der Waals surface area contributed by atoms with Gasteiger partial charge in [0.2, 0.25) is 11.9 Å². The van der Waals surface area contributed by atoms with E-state index in [0.717, 1.165) is 37.7 Å². The van der Waals surface area contributed by atoms with Gasteiger partial charge in [0.05, 0.1) is 18.4 Å². The highest BCUT2D eigenvalue weighted by Gasteiger charge is 2.26. The molecule has 2 N–H and O–H groups in total. The van der Waals surface area contributed by atoms with E-state index in [4.69, 9.17) is 4.74 Å². The number of halogens is 2. The maximum absolute atomic E-state index is 14.9. The number of nitrogens with zero attached hydrogens (tertiary/aromatic N) is 5. The summed E-state index contributed by atoms with van der Waals surface area (Å²) >= 11 is 0. The number of hydrogen-bond acceptors (Lipinski definition) is 8. The summed E-state index contributed by atoms with van der Waals surface area (Å²) in [6.07, 6.45) is 6.76. The predicted molar refractivity (Wildman–Crippen MR) is 126 cm³/mol. The SMILES string of the molecule is CC(C)N1CCOc2c(F)cc(-c3nc(Nc4ncc(C5CCNCC5)cn4)ncc3F)cc21. The lowest BCUT2D eigenvalue weighted by atomic mass is 9.92. The quantitative estimate of drug-likeness (QED) is 0.582. The second-order valence-electron chi connectivity index (χ2n) is 8.82. The van der Waals surface area contributed by atoms with E-state index < -0.39 is 11.6 Å². The van der Waals surface area contributed by atoms with Crippen LogP contribution in [-0.2, 0) is 0 Å². The summed E-state index contributed by atoms with van der Waals surface area (Å²) in [5.74, 6) is -0.148. The first-order chi connectivity index (χ1) is 16.5. The molecular weight excluding hydrogens is 440 g/mol. The third kappa shape index (κ3) is 4.50. The van der Waals surface area contributed by atoms with E-state index in [-0.39, 0.29) is 23.4 Å². The minimum Gasteiger partial charge on any atom is -0.486 e. The number of ether oxygens (including phenoxy) is 1. The van der Waals surface area contributed by atoms with Crippen LogP contribution in [0.2, 0.25) is 0 Å². The molecule has 0 radical (unpaired) electrons. The fourth-order valence-electron chi connectivity index (χ4n) is 4.47. The number of aromatic nitrogens is 4. The number of nitrogens with one attached hydrogen (secondary N) is 2. The topological polar surface area (TPSA) is 88.1 Å². The maximum atomic E-state index is 14.9. The number of fused-ring (bicyclic) bond motifs is 1. The molecule has 0 aliphatic carbocycles. The molecule has 8 nitrogen and oxygen atoms in total. The van der Waals surface area contributed by atoms with Gasteiger partial charge in [-0.3, -0.25) is 5.32 Å². The smallest absolute Gasteiger partial charge is 0.230 e. The van der Waals surface area contributed by atoms with Gasteiger partial charge in [0.1, 0.15) is 12.3 Å². The Hall–Kier alpha value is -3.40. The largest absolute Gasteiger partial charge is 0.486 e. The van der Waals surface area contributed by atoms with Gasteiger partial charge in [-0.2, -0.15) is 0 Å². The Morgan fingerprint density at radius 3 is 2.50 bits per heavy atom. The molecule has 2 aromatic heterocycles. The number of piperidine rings is 1. The molecule has 0 unspecified atom stereocenters. The van der Waals surface area contributed by atoms with Crippen LogP contribution >= 0.6 is 0 Å². The van der Waals surface area contributed by atoms with Gasteiger partial charge in [0, 0.05) is 24.0 Å². The van der Waals surface area contributed by atoms with Crippen LogP contribution in [-0.4, -0.2) is 52.2 Å². The van der Waals surface area contributed by atoms with Crippen molar-refractivity contribution in [2.45, 2.75) is 38.6 Å². The summed E-state index contributed by atoms with van der Waals surface area (Å²) in [6.45, 7) is 7.03. The summed E-state index contributed by atoms with van der Waals surface area (Å²) in [7, 11) is 0. The van der Waals surface area contributed by atoms with E-state index in [1.807, 2.05) is 18.7 Å². The van der Waals surface area contributed by atoms with Crippen molar-refractivity contribution in [1.29, 1.82) is 0 Å². The van der Waals surface area contributed by atoms with Crippen LogP contribution in [0.25, 0.3) is 11.3 Å². The highest BCUT2D eigenvalue weighted by molar-refractivity contribution is 5.73. The first-order valence-corrected chi connectivity index (χ1v) is 11.5. The average Bonchev–Trinajstić information content (AvgIpc) is 2.86. The van der Waals surface area contributed by atoms with E-state index in [2.05, 4.69) is 30.6 Å². The Labute approximate surface area is 196 Å². The monoisotopic (exact) mass is 467 g/mol. The molecular formula is C24H27F2N7O. The van der Waals surface area contributed by atoms with Gasteiger partial charge >= 0.3 is 0 Å². The summed E-state index contributed by atoms with van der Waals surface area (Å²) in [6, 6.07) is 3.08. The molecule has 0 atom stereocenters. The zero-order valence-corrected chi connectivity index (χ0v) is 19.2. The second kappa shape index (κ2) is 9.46. The fraction of sp³-hybridized carbons (Fsp3) is 0.417. The molecule has 2 aliphatic heterocycles. The summed E-state index contributed by atoms with van der Waals surface area (Å²) in [5.41, 5.74) is 1.96. The number of anilines is 3. The summed E-state index contributed by atoms with van der Waals surface area (Å²) in [5, 5.41) is 6.27. The van der Waals surface area contributed by atoms with Crippen molar-refractivity contribution in [3.05, 3.63) is 47.9 Å². The number of rotatable bonds is 5. The minimum absolute atomic E-state index is 0.0141. The Bertz CT molecular complexity index is 1170. The van der Waals surface area contributed by atoms with Crippen LogP contribution in [0.1, 0.15) is 38.2 Å². The van der Waals surface area contributed by atoms with Gasteiger partial charge in [-0.05, 0) is 63.4 Å². The zero-order chi connectivity index (χ0) is 23.7. The minimum atomic E-state index is -0.653. The zero-order valence-electron chi connectivity index (χ0n) is 19.2. The van der Waals surface area contributed by atoms with Crippen molar-refractivity contribution in [2.75, 3.05) is 36.5 Å². The van der Waals surface area contributed by atoms with Crippen LogP contribution in [0.3, 0.4) is 0 Å². The Morgan fingerprint density at radius 1 is 1.03 bits per heavy atom. The third-order valence-corrected chi connectivity index (χ3v) is 6.26. The first-order valence-electron chi connectivity index (χ1n) is 11.5. The fourth-order valence-corrected chi connectivity index (χ4v) is 4.47. The molecule has 0 spiro atoms. The van der Waals surface area contributed by atoms with Gasteiger partial charge in [0.25, 0.3) is 0 Å². The lowest BCUT2D eigenvalue weighted by molar-refractivity contribution is 0.287.